The standard InChI is InChI=1S/C14H16F2N2O/c1-4-5-13(17)14(19)18(3)9(2)11-8-10(15)6-7-12(11)16/h1,6-9,13H,5,17H2,2-3H3. The molecule has 102 valence electrons. The van der Waals surface area contributed by atoms with E-state index in [-0.39, 0.29) is 12.0 Å². The molecule has 1 amide bonds. The summed E-state index contributed by atoms with van der Waals surface area (Å²) in [6.45, 7) is 1.60. The minimum absolute atomic E-state index is 0.0987. The van der Waals surface area contributed by atoms with E-state index in [0.29, 0.717) is 0 Å². The molecule has 1 rings (SSSR count). The molecule has 0 aromatic heterocycles. The van der Waals surface area contributed by atoms with Gasteiger partial charge in [-0.05, 0) is 25.1 Å². The number of hydrogen-bond acceptors (Lipinski definition) is 2. The summed E-state index contributed by atoms with van der Waals surface area (Å²) in [7, 11) is 1.48. The van der Waals surface area contributed by atoms with Gasteiger partial charge in [-0.3, -0.25) is 4.79 Å². The quantitative estimate of drug-likeness (QED) is 0.845. The van der Waals surface area contributed by atoms with E-state index in [4.69, 9.17) is 12.2 Å². The third kappa shape index (κ3) is 3.52. The Morgan fingerprint density at radius 3 is 2.74 bits per heavy atom. The van der Waals surface area contributed by atoms with Gasteiger partial charge in [0.2, 0.25) is 5.91 Å². The molecule has 0 aliphatic heterocycles. The summed E-state index contributed by atoms with van der Waals surface area (Å²) < 4.78 is 26.8. The molecule has 0 aliphatic carbocycles. The average molecular weight is 266 g/mol. The van der Waals surface area contributed by atoms with Crippen LogP contribution in [0.25, 0.3) is 0 Å². The molecule has 0 heterocycles. The summed E-state index contributed by atoms with van der Waals surface area (Å²) in [4.78, 5) is 13.2. The minimum atomic E-state index is -0.839. The normalized spacial score (nSPS) is 13.5. The summed E-state index contributed by atoms with van der Waals surface area (Å²) in [6, 6.07) is 1.65. The zero-order chi connectivity index (χ0) is 14.6. The lowest BCUT2D eigenvalue weighted by Crippen LogP contribution is -2.42. The van der Waals surface area contributed by atoms with Gasteiger partial charge in [0.05, 0.1) is 12.1 Å². The molecule has 0 radical (unpaired) electrons. The van der Waals surface area contributed by atoms with E-state index in [1.165, 1.54) is 11.9 Å². The molecule has 0 spiro atoms. The van der Waals surface area contributed by atoms with Gasteiger partial charge in [-0.25, -0.2) is 8.78 Å². The zero-order valence-corrected chi connectivity index (χ0v) is 10.9. The number of carbonyl (C=O) groups excluding carboxylic acids is 1. The Morgan fingerprint density at radius 1 is 1.53 bits per heavy atom. The third-order valence-corrected chi connectivity index (χ3v) is 2.99. The Bertz CT molecular complexity index is 511. The van der Waals surface area contributed by atoms with E-state index in [2.05, 4.69) is 5.92 Å². The molecule has 19 heavy (non-hydrogen) atoms. The van der Waals surface area contributed by atoms with Gasteiger partial charge in [0.25, 0.3) is 0 Å². The van der Waals surface area contributed by atoms with Crippen molar-refractivity contribution < 1.29 is 13.6 Å². The second-order valence-electron chi connectivity index (χ2n) is 4.31. The highest BCUT2D eigenvalue weighted by Gasteiger charge is 2.24. The van der Waals surface area contributed by atoms with Crippen LogP contribution in [0.1, 0.15) is 24.9 Å². The van der Waals surface area contributed by atoms with Gasteiger partial charge < -0.3 is 10.6 Å². The number of halogens is 2. The molecular weight excluding hydrogens is 250 g/mol. The van der Waals surface area contributed by atoms with E-state index >= 15 is 0 Å². The van der Waals surface area contributed by atoms with Crippen LogP contribution >= 0.6 is 0 Å². The molecule has 1 aromatic carbocycles. The van der Waals surface area contributed by atoms with Crippen molar-refractivity contribution in [2.45, 2.75) is 25.4 Å². The predicted molar refractivity (Wildman–Crippen MR) is 69.0 cm³/mol. The van der Waals surface area contributed by atoms with Gasteiger partial charge in [-0.15, -0.1) is 12.3 Å². The van der Waals surface area contributed by atoms with Crippen molar-refractivity contribution in [1.82, 2.24) is 4.90 Å². The molecule has 2 N–H and O–H groups in total. The first-order valence-corrected chi connectivity index (χ1v) is 5.79. The fourth-order valence-corrected chi connectivity index (χ4v) is 1.71. The number of rotatable bonds is 4. The van der Waals surface area contributed by atoms with Crippen molar-refractivity contribution in [3.05, 3.63) is 35.4 Å². The maximum absolute atomic E-state index is 13.6. The highest BCUT2D eigenvalue weighted by molar-refractivity contribution is 5.82. The lowest BCUT2D eigenvalue weighted by molar-refractivity contribution is -0.133. The molecule has 0 aliphatic rings. The monoisotopic (exact) mass is 266 g/mol. The third-order valence-electron chi connectivity index (χ3n) is 2.99. The average Bonchev–Trinajstić information content (AvgIpc) is 2.39. The topological polar surface area (TPSA) is 46.3 Å². The van der Waals surface area contributed by atoms with Crippen LogP contribution in [0.2, 0.25) is 0 Å². The zero-order valence-electron chi connectivity index (χ0n) is 10.9. The molecular formula is C14H16F2N2O. The van der Waals surface area contributed by atoms with Crippen LogP contribution in [0.15, 0.2) is 18.2 Å². The van der Waals surface area contributed by atoms with Crippen molar-refractivity contribution in [2.24, 2.45) is 5.73 Å². The van der Waals surface area contributed by atoms with Crippen LogP contribution in [-0.4, -0.2) is 23.9 Å². The molecule has 1 aromatic rings. The van der Waals surface area contributed by atoms with Crippen LogP contribution in [0, 0.1) is 24.0 Å². The van der Waals surface area contributed by atoms with Crippen LogP contribution in [0.5, 0.6) is 0 Å². The van der Waals surface area contributed by atoms with Gasteiger partial charge in [0.1, 0.15) is 11.6 Å². The van der Waals surface area contributed by atoms with E-state index in [1.54, 1.807) is 6.92 Å². The van der Waals surface area contributed by atoms with Crippen molar-refractivity contribution in [3.8, 4) is 12.3 Å². The highest BCUT2D eigenvalue weighted by atomic mass is 19.1. The Morgan fingerprint density at radius 2 is 2.16 bits per heavy atom. The SMILES string of the molecule is C#CCC(N)C(=O)N(C)C(C)c1cc(F)ccc1F. The van der Waals surface area contributed by atoms with E-state index < -0.39 is 29.6 Å². The number of amides is 1. The number of likely N-dealkylation sites (N-methyl/N-ethyl adjacent to an activating group) is 1. The van der Waals surface area contributed by atoms with Crippen LogP contribution in [-0.2, 0) is 4.79 Å². The number of nitrogens with zero attached hydrogens (tertiary/aromatic N) is 1. The largest absolute Gasteiger partial charge is 0.338 e. The van der Waals surface area contributed by atoms with E-state index in [9.17, 15) is 13.6 Å². The van der Waals surface area contributed by atoms with Gasteiger partial charge in [0, 0.05) is 19.0 Å². The number of hydrogen-bond donors (Lipinski definition) is 1. The van der Waals surface area contributed by atoms with Crippen molar-refractivity contribution >= 4 is 5.91 Å². The van der Waals surface area contributed by atoms with Crippen molar-refractivity contribution in [1.29, 1.82) is 0 Å². The number of terminal acetylenes is 1. The maximum Gasteiger partial charge on any atom is 0.240 e. The van der Waals surface area contributed by atoms with Crippen LogP contribution in [0.4, 0.5) is 8.78 Å². The smallest absolute Gasteiger partial charge is 0.240 e. The summed E-state index contributed by atoms with van der Waals surface area (Å²) in [5.74, 6) is 0.759. The fourth-order valence-electron chi connectivity index (χ4n) is 1.71. The molecule has 2 unspecified atom stereocenters. The molecule has 0 bridgehead atoms. The molecule has 0 saturated carbocycles. The molecule has 2 atom stereocenters. The number of nitrogens with two attached hydrogens (primary N) is 1. The first kappa shape index (κ1) is 15.1. The molecule has 0 saturated heterocycles. The fraction of sp³-hybridized carbons (Fsp3) is 0.357. The van der Waals surface area contributed by atoms with E-state index in [0.717, 1.165) is 18.2 Å². The number of carbonyl (C=O) groups is 1. The second kappa shape index (κ2) is 6.30. The van der Waals surface area contributed by atoms with Crippen molar-refractivity contribution in [2.75, 3.05) is 7.05 Å². The van der Waals surface area contributed by atoms with Gasteiger partial charge in [-0.1, -0.05) is 0 Å². The van der Waals surface area contributed by atoms with Crippen molar-refractivity contribution in [3.63, 3.8) is 0 Å². The summed E-state index contributed by atoms with van der Waals surface area (Å²) in [6.07, 6.45) is 5.19. The van der Waals surface area contributed by atoms with Gasteiger partial charge in [-0.2, -0.15) is 0 Å². The van der Waals surface area contributed by atoms with Crippen LogP contribution in [0.3, 0.4) is 0 Å². The van der Waals surface area contributed by atoms with Gasteiger partial charge >= 0.3 is 0 Å². The molecule has 5 heteroatoms. The van der Waals surface area contributed by atoms with Crippen LogP contribution < -0.4 is 5.73 Å². The first-order valence-electron chi connectivity index (χ1n) is 5.79. The lowest BCUT2D eigenvalue weighted by Gasteiger charge is -2.27. The number of benzene rings is 1. The second-order valence-corrected chi connectivity index (χ2v) is 4.31. The maximum atomic E-state index is 13.6. The van der Waals surface area contributed by atoms with E-state index in [1.807, 2.05) is 0 Å². The highest BCUT2D eigenvalue weighted by Crippen LogP contribution is 2.23. The van der Waals surface area contributed by atoms with Gasteiger partial charge in [0.15, 0.2) is 0 Å². The molecule has 3 nitrogen and oxygen atoms in total. The minimum Gasteiger partial charge on any atom is -0.338 e. The Hall–Kier alpha value is -1.93. The Balaban J connectivity index is 2.93. The predicted octanol–water partition coefficient (Wildman–Crippen LogP) is 1.83. The summed E-state index contributed by atoms with van der Waals surface area (Å²) in [5, 5.41) is 0. The Kier molecular flexibility index (Phi) is 5.02. The lowest BCUT2D eigenvalue weighted by atomic mass is 10.1. The first-order chi connectivity index (χ1) is 8.88. The summed E-state index contributed by atoms with van der Waals surface area (Å²) >= 11 is 0. The molecule has 0 fully saturated rings. The Labute approximate surface area is 111 Å². The summed E-state index contributed by atoms with van der Waals surface area (Å²) in [5.41, 5.74) is 5.71.